The molecule has 11 aromatic carbocycles. The van der Waals surface area contributed by atoms with Crippen molar-refractivity contribution in [3.63, 3.8) is 0 Å². The van der Waals surface area contributed by atoms with Crippen LogP contribution in [-0.4, -0.2) is 13.7 Å². The average molecular weight is 938 g/mol. The Morgan fingerprint density at radius 2 is 0.676 bits per heavy atom. The van der Waals surface area contributed by atoms with Gasteiger partial charge in [0.25, 0.3) is 0 Å². The largest absolute Gasteiger partial charge is 0.309 e. The third-order valence-corrected chi connectivity index (χ3v) is 17.4. The van der Waals surface area contributed by atoms with Crippen molar-refractivity contribution in [3.05, 3.63) is 237 Å². The molecule has 330 valence electrons. The van der Waals surface area contributed by atoms with Gasteiger partial charge in [-0.05, 0) is 120 Å². The molecule has 0 spiro atoms. The maximum Gasteiger partial charge on any atom is 0.0619 e. The van der Waals surface area contributed by atoms with Crippen LogP contribution in [0, 0.1) is 0 Å². The first-order valence-corrected chi connectivity index (χ1v) is 25.9. The van der Waals surface area contributed by atoms with Crippen LogP contribution < -0.4 is 0 Å². The Morgan fingerprint density at radius 3 is 1.24 bits per heavy atom. The van der Waals surface area contributed by atoms with Crippen molar-refractivity contribution in [3.8, 4) is 39.3 Å². The second kappa shape index (κ2) is 14.9. The summed E-state index contributed by atoms with van der Waals surface area (Å²) in [5.41, 5.74) is 15.5. The number of fused-ring (bicyclic) bond motifs is 17. The highest BCUT2D eigenvalue weighted by atomic mass is 32.1. The normalized spacial score (nSPS) is 12.2. The van der Waals surface area contributed by atoms with E-state index < -0.39 is 0 Å². The first-order valence-electron chi connectivity index (χ1n) is 24.2. The molecule has 0 saturated carbocycles. The third kappa shape index (κ3) is 5.59. The van der Waals surface area contributed by atoms with Gasteiger partial charge in [0.1, 0.15) is 0 Å². The smallest absolute Gasteiger partial charge is 0.0619 e. The van der Waals surface area contributed by atoms with Gasteiger partial charge in [-0.1, -0.05) is 133 Å². The molecule has 0 N–H and O–H groups in total. The lowest BCUT2D eigenvalue weighted by molar-refractivity contribution is 1.18. The van der Waals surface area contributed by atoms with Crippen molar-refractivity contribution < 1.29 is 0 Å². The minimum atomic E-state index is 1.14. The second-order valence-electron chi connectivity index (χ2n) is 18.8. The van der Waals surface area contributed by atoms with Crippen LogP contribution in [0.4, 0.5) is 0 Å². The second-order valence-corrected chi connectivity index (χ2v) is 20.9. The molecule has 5 heteroatoms. The summed E-state index contributed by atoms with van der Waals surface area (Å²) in [7, 11) is 0. The van der Waals surface area contributed by atoms with Gasteiger partial charge in [-0.15, -0.1) is 22.7 Å². The van der Waals surface area contributed by atoms with Crippen molar-refractivity contribution in [2.75, 3.05) is 0 Å². The van der Waals surface area contributed by atoms with Crippen LogP contribution in [0.25, 0.3) is 145 Å². The van der Waals surface area contributed by atoms with Crippen LogP contribution >= 0.6 is 22.7 Å². The van der Waals surface area contributed by atoms with Crippen LogP contribution in [0.15, 0.2) is 237 Å². The first kappa shape index (κ1) is 39.1. The van der Waals surface area contributed by atoms with Crippen molar-refractivity contribution in [2.45, 2.75) is 0 Å². The molecule has 0 aliphatic rings. The quantitative estimate of drug-likeness (QED) is 0.163. The van der Waals surface area contributed by atoms with Gasteiger partial charge in [0.2, 0.25) is 0 Å². The number of thiophene rings is 2. The molecule has 16 aromatic rings. The van der Waals surface area contributed by atoms with Gasteiger partial charge < -0.3 is 13.7 Å². The summed E-state index contributed by atoms with van der Waals surface area (Å²) < 4.78 is 12.7. The first-order chi connectivity index (χ1) is 35.2. The van der Waals surface area contributed by atoms with E-state index in [4.69, 9.17) is 0 Å². The van der Waals surface area contributed by atoms with E-state index in [1.807, 2.05) is 22.7 Å². The van der Waals surface area contributed by atoms with E-state index in [0.29, 0.717) is 0 Å². The predicted octanol–water partition coefficient (Wildman–Crippen LogP) is 19.0. The fourth-order valence-electron chi connectivity index (χ4n) is 12.0. The fraction of sp³-hybridized carbons (Fsp3) is 0. The van der Waals surface area contributed by atoms with Gasteiger partial charge in [0.05, 0.1) is 33.1 Å². The predicted molar refractivity (Wildman–Crippen MR) is 306 cm³/mol. The Balaban J connectivity index is 1.02. The van der Waals surface area contributed by atoms with Gasteiger partial charge in [-0.25, -0.2) is 0 Å². The van der Waals surface area contributed by atoms with E-state index in [9.17, 15) is 0 Å². The molecule has 5 heterocycles. The summed E-state index contributed by atoms with van der Waals surface area (Å²) in [6.07, 6.45) is 0. The molecular weight excluding hydrogens is 899 g/mol. The zero-order valence-electron chi connectivity index (χ0n) is 38.2. The van der Waals surface area contributed by atoms with E-state index in [0.717, 1.165) is 17.1 Å². The molecule has 0 aliphatic heterocycles. The summed E-state index contributed by atoms with van der Waals surface area (Å²) in [5, 5.41) is 12.8. The molecule has 3 nitrogen and oxygen atoms in total. The molecule has 5 aromatic heterocycles. The fourth-order valence-corrected chi connectivity index (χ4v) is 14.5. The van der Waals surface area contributed by atoms with Crippen LogP contribution in [0.1, 0.15) is 0 Å². The maximum absolute atomic E-state index is 2.49. The summed E-state index contributed by atoms with van der Waals surface area (Å²) in [5.74, 6) is 0. The van der Waals surface area contributed by atoms with Gasteiger partial charge in [0, 0.05) is 95.3 Å². The van der Waals surface area contributed by atoms with Crippen LogP contribution in [0.3, 0.4) is 0 Å². The Hall–Kier alpha value is -8.74. The van der Waals surface area contributed by atoms with Crippen molar-refractivity contribution in [1.82, 2.24) is 13.7 Å². The number of nitrogens with zero attached hydrogens (tertiary/aromatic N) is 3. The van der Waals surface area contributed by atoms with E-state index in [2.05, 4.69) is 250 Å². The highest BCUT2D eigenvalue weighted by Crippen LogP contribution is 2.48. The van der Waals surface area contributed by atoms with Gasteiger partial charge in [-0.3, -0.25) is 0 Å². The molecule has 0 bridgehead atoms. The molecule has 0 saturated heterocycles. The minimum Gasteiger partial charge on any atom is -0.309 e. The topological polar surface area (TPSA) is 14.8 Å². The standard InChI is InChI=1S/C66H39N3S2/c1-4-16-43(17-5-1)67-56-32-28-40(36-53(56)62-58(67)34-30-49-47-23-11-14-26-60(47)70-65(49)62)42-38-51(64-52(39-42)46-22-10-13-25-55(46)69(64)45-20-8-3-9-21-45)41-29-33-57-54(37-41)63-59(68(57)44-18-6-2-7-19-44)35-31-50-48-24-12-15-27-61(48)71-66(50)63/h1-39H. The van der Waals surface area contributed by atoms with E-state index in [1.54, 1.807) is 0 Å². The van der Waals surface area contributed by atoms with Crippen LogP contribution in [0.2, 0.25) is 0 Å². The maximum atomic E-state index is 2.49. The number of rotatable bonds is 5. The van der Waals surface area contributed by atoms with Crippen molar-refractivity contribution in [1.29, 1.82) is 0 Å². The number of hydrogen-bond acceptors (Lipinski definition) is 2. The number of aromatic nitrogens is 3. The zero-order chi connectivity index (χ0) is 46.3. The Bertz CT molecular complexity index is 4860. The lowest BCUT2D eigenvalue weighted by Gasteiger charge is -2.15. The molecule has 16 rings (SSSR count). The summed E-state index contributed by atoms with van der Waals surface area (Å²) in [6.45, 7) is 0. The Morgan fingerprint density at radius 1 is 0.254 bits per heavy atom. The molecule has 0 unspecified atom stereocenters. The summed E-state index contributed by atoms with van der Waals surface area (Å²) in [6, 6.07) is 87.9. The highest BCUT2D eigenvalue weighted by Gasteiger charge is 2.24. The third-order valence-electron chi connectivity index (χ3n) is 15.0. The number of benzene rings is 11. The van der Waals surface area contributed by atoms with Crippen molar-refractivity contribution >= 4 is 128 Å². The zero-order valence-corrected chi connectivity index (χ0v) is 39.8. The Kier molecular flexibility index (Phi) is 8.20. The number of para-hydroxylation sites is 4. The van der Waals surface area contributed by atoms with E-state index >= 15 is 0 Å². The number of hydrogen-bond donors (Lipinski definition) is 0. The summed E-state index contributed by atoms with van der Waals surface area (Å²) >= 11 is 3.81. The van der Waals surface area contributed by atoms with E-state index in [-0.39, 0.29) is 0 Å². The molecule has 0 atom stereocenters. The molecule has 0 fully saturated rings. The van der Waals surface area contributed by atoms with Gasteiger partial charge in [0.15, 0.2) is 0 Å². The van der Waals surface area contributed by atoms with E-state index in [1.165, 1.54) is 128 Å². The SMILES string of the molecule is c1ccc(-n2c3ccc(-c4cc(-c5ccc6c(c5)c5c7sc8ccccc8c7ccc5n6-c5ccccc5)c5c(c4)c4ccccc4n5-c4ccccc4)cc3c3c4sc5ccccc5c4ccc32)cc1. The van der Waals surface area contributed by atoms with Gasteiger partial charge >= 0.3 is 0 Å². The minimum absolute atomic E-state index is 1.14. The summed E-state index contributed by atoms with van der Waals surface area (Å²) in [4.78, 5) is 0. The molecule has 0 radical (unpaired) electrons. The molecule has 71 heavy (non-hydrogen) atoms. The van der Waals surface area contributed by atoms with Crippen LogP contribution in [0.5, 0.6) is 0 Å². The lowest BCUT2D eigenvalue weighted by Crippen LogP contribution is -1.96. The molecular formula is C66H39N3S2. The van der Waals surface area contributed by atoms with Crippen LogP contribution in [-0.2, 0) is 0 Å². The molecule has 0 aliphatic carbocycles. The van der Waals surface area contributed by atoms with Crippen molar-refractivity contribution in [2.24, 2.45) is 0 Å². The Labute approximate surface area is 415 Å². The van der Waals surface area contributed by atoms with Gasteiger partial charge in [-0.2, -0.15) is 0 Å². The lowest BCUT2D eigenvalue weighted by atomic mass is 9.94. The monoisotopic (exact) mass is 937 g/mol. The molecule has 0 amide bonds. The highest BCUT2D eigenvalue weighted by molar-refractivity contribution is 7.27. The average Bonchev–Trinajstić information content (AvgIpc) is 4.25.